The van der Waals surface area contributed by atoms with Gasteiger partial charge in [-0.05, 0) is 63.1 Å². The Bertz CT molecular complexity index is 1180. The molecule has 0 bridgehead atoms. The molecule has 36 heavy (non-hydrogen) atoms. The van der Waals surface area contributed by atoms with Crippen molar-refractivity contribution >= 4 is 22.9 Å². The molecule has 1 saturated carbocycles. The lowest BCUT2D eigenvalue weighted by Crippen LogP contribution is -2.39. The highest BCUT2D eigenvalue weighted by Crippen LogP contribution is 2.32. The predicted molar refractivity (Wildman–Crippen MR) is 135 cm³/mol. The first-order valence-corrected chi connectivity index (χ1v) is 13.6. The van der Waals surface area contributed by atoms with E-state index in [1.165, 1.54) is 11.3 Å². The van der Waals surface area contributed by atoms with Crippen LogP contribution in [0.25, 0.3) is 5.65 Å². The summed E-state index contributed by atoms with van der Waals surface area (Å²) >= 11 is 1.40. The topological polar surface area (TPSA) is 71.8 Å². The zero-order chi connectivity index (χ0) is 25.1. The highest BCUT2D eigenvalue weighted by atomic mass is 32.1. The quantitative estimate of drug-likeness (QED) is 0.453. The number of nitrogens with one attached hydrogen (secondary N) is 1. The van der Waals surface area contributed by atoms with Gasteiger partial charge >= 0.3 is 0 Å². The molecule has 1 N–H and O–H groups in total. The van der Waals surface area contributed by atoms with E-state index >= 15 is 0 Å². The van der Waals surface area contributed by atoms with E-state index in [4.69, 9.17) is 4.74 Å². The van der Waals surface area contributed by atoms with Gasteiger partial charge in [-0.1, -0.05) is 17.4 Å². The fourth-order valence-corrected chi connectivity index (χ4v) is 6.10. The average Bonchev–Trinajstić information content (AvgIpc) is 3.45. The van der Waals surface area contributed by atoms with E-state index in [2.05, 4.69) is 20.2 Å². The van der Waals surface area contributed by atoms with Crippen LogP contribution in [0.1, 0.15) is 55.3 Å². The zero-order valence-electron chi connectivity index (χ0n) is 20.6. The molecule has 0 spiro atoms. The zero-order valence-corrected chi connectivity index (χ0v) is 21.4. The predicted octanol–water partition coefficient (Wildman–Crippen LogP) is 4.49. The van der Waals surface area contributed by atoms with Gasteiger partial charge in [-0.3, -0.25) is 9.69 Å². The van der Waals surface area contributed by atoms with E-state index in [1.807, 2.05) is 28.8 Å². The minimum absolute atomic E-state index is 0.0579. The van der Waals surface area contributed by atoms with Crippen molar-refractivity contribution in [2.24, 2.45) is 5.92 Å². The summed E-state index contributed by atoms with van der Waals surface area (Å²) in [6.45, 7) is 2.95. The van der Waals surface area contributed by atoms with Gasteiger partial charge in [-0.2, -0.15) is 0 Å². The molecule has 1 fully saturated rings. The third-order valence-electron chi connectivity index (χ3n) is 7.14. The van der Waals surface area contributed by atoms with Crippen LogP contribution in [0.5, 0.6) is 5.19 Å². The van der Waals surface area contributed by atoms with Crippen LogP contribution in [0.3, 0.4) is 0 Å². The summed E-state index contributed by atoms with van der Waals surface area (Å²) in [5.41, 5.74) is 2.73. The first-order chi connectivity index (χ1) is 17.3. The molecular formula is C26H33F2N5O2S. The van der Waals surface area contributed by atoms with Gasteiger partial charge in [0.1, 0.15) is 5.65 Å². The third kappa shape index (κ3) is 6.39. The van der Waals surface area contributed by atoms with Crippen molar-refractivity contribution in [1.29, 1.82) is 0 Å². The molecule has 3 aromatic heterocycles. The molecule has 0 aromatic carbocycles. The summed E-state index contributed by atoms with van der Waals surface area (Å²) in [5.74, 6) is -2.13. The van der Waals surface area contributed by atoms with Crippen molar-refractivity contribution in [1.82, 2.24) is 24.6 Å². The van der Waals surface area contributed by atoms with Crippen molar-refractivity contribution in [2.45, 2.75) is 70.4 Å². The highest BCUT2D eigenvalue weighted by molar-refractivity contribution is 7.13. The van der Waals surface area contributed by atoms with Gasteiger partial charge in [0.25, 0.3) is 11.1 Å². The van der Waals surface area contributed by atoms with Crippen molar-refractivity contribution < 1.29 is 18.3 Å². The van der Waals surface area contributed by atoms with Gasteiger partial charge in [0.05, 0.1) is 17.8 Å². The molecule has 0 saturated heterocycles. The number of halogens is 2. The number of fused-ring (bicyclic) bond motifs is 2. The highest BCUT2D eigenvalue weighted by Gasteiger charge is 2.27. The summed E-state index contributed by atoms with van der Waals surface area (Å²) in [5, 5.41) is 3.58. The number of aromatic nitrogens is 3. The van der Waals surface area contributed by atoms with Crippen molar-refractivity contribution in [2.75, 3.05) is 19.7 Å². The molecule has 1 aliphatic carbocycles. The molecule has 0 atom stereocenters. The van der Waals surface area contributed by atoms with Gasteiger partial charge in [0.15, 0.2) is 6.61 Å². The van der Waals surface area contributed by atoms with Crippen molar-refractivity contribution in [3.63, 3.8) is 0 Å². The van der Waals surface area contributed by atoms with E-state index in [-0.39, 0.29) is 11.9 Å². The largest absolute Gasteiger partial charge is 0.464 e. The lowest BCUT2D eigenvalue weighted by molar-refractivity contribution is -0.121. The Morgan fingerprint density at radius 3 is 2.92 bits per heavy atom. The van der Waals surface area contributed by atoms with E-state index < -0.39 is 12.5 Å². The van der Waals surface area contributed by atoms with Gasteiger partial charge in [-0.25, -0.2) is 18.7 Å². The number of ether oxygens (including phenoxy) is 1. The molecular weight excluding hydrogens is 484 g/mol. The van der Waals surface area contributed by atoms with Gasteiger partial charge < -0.3 is 14.5 Å². The second-order valence-corrected chi connectivity index (χ2v) is 11.2. The Morgan fingerprint density at radius 1 is 1.28 bits per heavy atom. The van der Waals surface area contributed by atoms with Crippen LogP contribution in [0.4, 0.5) is 8.78 Å². The fraction of sp³-hybridized carbons (Fsp3) is 0.577. The van der Waals surface area contributed by atoms with Crippen LogP contribution in [-0.2, 0) is 24.2 Å². The Hall–Kier alpha value is -2.59. The number of pyridine rings is 1. The van der Waals surface area contributed by atoms with Crippen LogP contribution < -0.4 is 10.1 Å². The standard InChI is InChI=1S/C26H33F2N5O2S/c1-26(27,28)17-35-25-31-21-16-32(13-10-22(21)36-25)12-9-18-5-7-19(8-6-18)30-24(34)14-20-15-29-23-4-2-3-11-33(20)23/h2-4,11,15,18-19H,5-10,12-14,16-17H2,1H3,(H,30,34). The number of alkyl halides is 2. The van der Waals surface area contributed by atoms with Crippen molar-refractivity contribution in [3.8, 4) is 5.19 Å². The minimum atomic E-state index is -2.85. The molecule has 10 heteroatoms. The van der Waals surface area contributed by atoms with E-state index in [0.717, 1.165) is 87.0 Å². The van der Waals surface area contributed by atoms with Gasteiger partial charge in [0, 0.05) is 43.3 Å². The molecule has 4 heterocycles. The number of nitrogens with zero attached hydrogens (tertiary/aromatic N) is 4. The number of imidazole rings is 1. The first-order valence-electron chi connectivity index (χ1n) is 12.7. The molecule has 1 amide bonds. The number of thiazole rings is 1. The van der Waals surface area contributed by atoms with Crippen LogP contribution in [0.15, 0.2) is 30.6 Å². The molecule has 1 aliphatic heterocycles. The lowest BCUT2D eigenvalue weighted by atomic mass is 9.84. The second-order valence-electron chi connectivity index (χ2n) is 10.2. The summed E-state index contributed by atoms with van der Waals surface area (Å²) < 4.78 is 33.3. The summed E-state index contributed by atoms with van der Waals surface area (Å²) in [6, 6.07) is 6.07. The van der Waals surface area contributed by atoms with Crippen LogP contribution in [0, 0.1) is 5.92 Å². The Morgan fingerprint density at radius 2 is 2.11 bits per heavy atom. The smallest absolute Gasteiger partial charge is 0.278 e. The first kappa shape index (κ1) is 25.1. The SMILES string of the molecule is CC(F)(F)COc1nc2c(s1)CCN(CCC1CCC(NC(=O)Cc3cnc4ccccn34)CC1)C2. The molecule has 0 radical (unpaired) electrons. The minimum Gasteiger partial charge on any atom is -0.464 e. The van der Waals surface area contributed by atoms with E-state index in [9.17, 15) is 13.6 Å². The molecule has 0 unspecified atom stereocenters. The summed E-state index contributed by atoms with van der Waals surface area (Å²) in [6.07, 6.45) is 10.4. The number of rotatable bonds is 9. The Kier molecular flexibility index (Phi) is 7.52. The van der Waals surface area contributed by atoms with Gasteiger partial charge in [0.2, 0.25) is 5.91 Å². The van der Waals surface area contributed by atoms with Crippen molar-refractivity contribution in [3.05, 3.63) is 46.9 Å². The Labute approximate surface area is 213 Å². The average molecular weight is 518 g/mol. The lowest BCUT2D eigenvalue weighted by Gasteiger charge is -2.32. The summed E-state index contributed by atoms with van der Waals surface area (Å²) in [4.78, 5) is 25.0. The number of amides is 1. The third-order valence-corrected chi connectivity index (χ3v) is 8.21. The van der Waals surface area contributed by atoms with E-state index in [0.29, 0.717) is 17.5 Å². The molecule has 7 nitrogen and oxygen atoms in total. The fourth-order valence-electron chi connectivity index (χ4n) is 5.19. The number of carbonyl (C=O) groups excluding carboxylic acids is 1. The molecule has 3 aromatic rings. The maximum absolute atomic E-state index is 13.1. The maximum Gasteiger partial charge on any atom is 0.278 e. The van der Waals surface area contributed by atoms with Crippen LogP contribution in [-0.4, -0.2) is 56.8 Å². The molecule has 5 rings (SSSR count). The second kappa shape index (κ2) is 10.8. The van der Waals surface area contributed by atoms with Crippen LogP contribution in [0.2, 0.25) is 0 Å². The number of carbonyl (C=O) groups is 1. The summed E-state index contributed by atoms with van der Waals surface area (Å²) in [7, 11) is 0. The maximum atomic E-state index is 13.1. The van der Waals surface area contributed by atoms with Crippen LogP contribution >= 0.6 is 11.3 Å². The van der Waals surface area contributed by atoms with Gasteiger partial charge in [-0.15, -0.1) is 0 Å². The monoisotopic (exact) mass is 517 g/mol. The normalized spacial score (nSPS) is 20.9. The number of hydrogen-bond acceptors (Lipinski definition) is 6. The number of hydrogen-bond donors (Lipinski definition) is 1. The molecule has 2 aliphatic rings. The molecule has 194 valence electrons. The van der Waals surface area contributed by atoms with E-state index in [1.54, 1.807) is 6.20 Å². The Balaban J connectivity index is 1.02.